The average Bonchev–Trinajstić information content (AvgIpc) is 3.20. The molecule has 0 unspecified atom stereocenters. The van der Waals surface area contributed by atoms with Crippen molar-refractivity contribution in [3.63, 3.8) is 0 Å². The first-order valence-corrected chi connectivity index (χ1v) is 10.7. The van der Waals surface area contributed by atoms with Gasteiger partial charge in [0.15, 0.2) is 0 Å². The number of nitrogens with one attached hydrogen (secondary N) is 1. The van der Waals surface area contributed by atoms with E-state index in [9.17, 15) is 22.8 Å². The summed E-state index contributed by atoms with van der Waals surface area (Å²) in [7, 11) is 0. The molecule has 1 saturated heterocycles. The molecule has 7 heteroatoms. The van der Waals surface area contributed by atoms with E-state index < -0.39 is 29.6 Å². The van der Waals surface area contributed by atoms with Crippen molar-refractivity contribution in [2.24, 2.45) is 5.92 Å². The Morgan fingerprint density at radius 3 is 2.55 bits per heavy atom. The Balaban J connectivity index is 1.51. The summed E-state index contributed by atoms with van der Waals surface area (Å²) in [5.41, 5.74) is 1.96. The van der Waals surface area contributed by atoms with Gasteiger partial charge in [-0.2, -0.15) is 13.2 Å². The molecule has 2 amide bonds. The number of piperidine rings is 1. The summed E-state index contributed by atoms with van der Waals surface area (Å²) in [6, 6.07) is 10.2. The molecule has 2 aromatic rings. The first-order valence-electron chi connectivity index (χ1n) is 10.7. The van der Waals surface area contributed by atoms with Gasteiger partial charge in [0.2, 0.25) is 5.91 Å². The van der Waals surface area contributed by atoms with Crippen LogP contribution in [0.15, 0.2) is 42.5 Å². The highest BCUT2D eigenvalue weighted by Gasteiger charge is 2.40. The zero-order valence-corrected chi connectivity index (χ0v) is 17.3. The predicted octanol–water partition coefficient (Wildman–Crippen LogP) is 5.07. The van der Waals surface area contributed by atoms with Crippen molar-refractivity contribution in [2.45, 2.75) is 51.2 Å². The van der Waals surface area contributed by atoms with Crippen molar-refractivity contribution in [2.75, 3.05) is 11.9 Å². The lowest BCUT2D eigenvalue weighted by Gasteiger charge is -2.39. The van der Waals surface area contributed by atoms with Gasteiger partial charge >= 0.3 is 6.18 Å². The van der Waals surface area contributed by atoms with Crippen molar-refractivity contribution < 1.29 is 22.8 Å². The molecule has 31 heavy (non-hydrogen) atoms. The number of fused-ring (bicyclic) bond motifs is 1. The Kier molecular flexibility index (Phi) is 5.77. The molecule has 2 aliphatic rings. The van der Waals surface area contributed by atoms with E-state index in [4.69, 9.17) is 0 Å². The van der Waals surface area contributed by atoms with Crippen LogP contribution in [-0.4, -0.2) is 29.3 Å². The largest absolute Gasteiger partial charge is 0.417 e. The zero-order chi connectivity index (χ0) is 22.2. The molecule has 1 aliphatic carbocycles. The number of nitrogens with zero attached hydrogens (tertiary/aromatic N) is 1. The SMILES string of the molecule is C[C@H]1[C@@H](C(=O)Nc2ccc3c(c2)CCC3)CCCN1C(=O)c1ccccc1C(F)(F)F. The van der Waals surface area contributed by atoms with Gasteiger partial charge < -0.3 is 10.2 Å². The molecule has 4 rings (SSSR count). The molecule has 0 radical (unpaired) electrons. The van der Waals surface area contributed by atoms with E-state index in [1.54, 1.807) is 6.92 Å². The number of anilines is 1. The number of benzene rings is 2. The van der Waals surface area contributed by atoms with Crippen molar-refractivity contribution in [1.82, 2.24) is 4.90 Å². The maximum Gasteiger partial charge on any atom is 0.417 e. The Bertz CT molecular complexity index is 1000. The second-order valence-electron chi connectivity index (χ2n) is 8.36. The summed E-state index contributed by atoms with van der Waals surface area (Å²) in [5, 5.41) is 2.95. The van der Waals surface area contributed by atoms with Gasteiger partial charge in [-0.15, -0.1) is 0 Å². The Labute approximate surface area is 179 Å². The fraction of sp³-hybridized carbons (Fsp3) is 0.417. The monoisotopic (exact) mass is 430 g/mol. The van der Waals surface area contributed by atoms with Crippen LogP contribution >= 0.6 is 0 Å². The van der Waals surface area contributed by atoms with E-state index in [0.29, 0.717) is 19.4 Å². The van der Waals surface area contributed by atoms with Crippen LogP contribution in [0.25, 0.3) is 0 Å². The van der Waals surface area contributed by atoms with Crippen LogP contribution < -0.4 is 5.32 Å². The van der Waals surface area contributed by atoms with Crippen LogP contribution in [0.3, 0.4) is 0 Å². The van der Waals surface area contributed by atoms with E-state index in [1.807, 2.05) is 18.2 Å². The standard InChI is InChI=1S/C24H25F3N2O2/c1-15-19(22(30)28-18-12-11-16-6-4-7-17(16)14-18)9-5-13-29(15)23(31)20-8-2-3-10-21(20)24(25,26)27/h2-3,8,10-12,14-15,19H,4-7,9,13H2,1H3,(H,28,30)/t15-,19-/m0/s1. The Morgan fingerprint density at radius 1 is 1.03 bits per heavy atom. The average molecular weight is 430 g/mol. The molecular weight excluding hydrogens is 405 g/mol. The summed E-state index contributed by atoms with van der Waals surface area (Å²) in [6.07, 6.45) is -0.298. The van der Waals surface area contributed by atoms with Crippen LogP contribution in [0.4, 0.5) is 18.9 Å². The smallest absolute Gasteiger partial charge is 0.335 e. The number of aryl methyl sites for hydroxylation is 2. The molecule has 4 nitrogen and oxygen atoms in total. The molecule has 1 aliphatic heterocycles. The van der Waals surface area contributed by atoms with Crippen molar-refractivity contribution in [3.8, 4) is 0 Å². The summed E-state index contributed by atoms with van der Waals surface area (Å²) in [4.78, 5) is 27.4. The minimum atomic E-state index is -4.62. The van der Waals surface area contributed by atoms with Gasteiger partial charge in [-0.3, -0.25) is 9.59 Å². The number of hydrogen-bond donors (Lipinski definition) is 1. The van der Waals surface area contributed by atoms with Crippen LogP contribution in [0.5, 0.6) is 0 Å². The molecular formula is C24H25F3N2O2. The highest BCUT2D eigenvalue weighted by Crippen LogP contribution is 2.34. The minimum absolute atomic E-state index is 0.202. The highest BCUT2D eigenvalue weighted by molar-refractivity contribution is 5.98. The van der Waals surface area contributed by atoms with Gasteiger partial charge in [-0.05, 0) is 74.4 Å². The molecule has 2 atom stereocenters. The molecule has 1 N–H and O–H groups in total. The Morgan fingerprint density at radius 2 is 1.77 bits per heavy atom. The maximum absolute atomic E-state index is 13.4. The number of halogens is 3. The quantitative estimate of drug-likeness (QED) is 0.739. The molecule has 1 fully saturated rings. The number of alkyl halides is 3. The zero-order valence-electron chi connectivity index (χ0n) is 17.3. The van der Waals surface area contributed by atoms with E-state index in [1.165, 1.54) is 34.2 Å². The molecule has 0 saturated carbocycles. The van der Waals surface area contributed by atoms with Crippen LogP contribution in [0.2, 0.25) is 0 Å². The summed E-state index contributed by atoms with van der Waals surface area (Å²) in [5.74, 6) is -1.37. The molecule has 2 aromatic carbocycles. The second-order valence-corrected chi connectivity index (χ2v) is 8.36. The summed E-state index contributed by atoms with van der Waals surface area (Å²) >= 11 is 0. The fourth-order valence-electron chi connectivity index (χ4n) is 4.74. The molecule has 1 heterocycles. The maximum atomic E-state index is 13.4. The molecule has 164 valence electrons. The minimum Gasteiger partial charge on any atom is -0.335 e. The number of carbonyl (C=O) groups is 2. The van der Waals surface area contributed by atoms with Gasteiger partial charge in [0.25, 0.3) is 5.91 Å². The fourth-order valence-corrected chi connectivity index (χ4v) is 4.74. The summed E-state index contributed by atoms with van der Waals surface area (Å²) < 4.78 is 40.1. The van der Waals surface area contributed by atoms with E-state index in [-0.39, 0.29) is 11.5 Å². The number of rotatable bonds is 3. The number of hydrogen-bond acceptors (Lipinski definition) is 2. The predicted molar refractivity (Wildman–Crippen MR) is 112 cm³/mol. The van der Waals surface area contributed by atoms with Crippen LogP contribution in [-0.2, 0) is 23.8 Å². The first-order chi connectivity index (χ1) is 14.8. The lowest BCUT2D eigenvalue weighted by Crippen LogP contribution is -2.50. The summed E-state index contributed by atoms with van der Waals surface area (Å²) in [6.45, 7) is 2.06. The normalized spacial score (nSPS) is 21.0. The van der Waals surface area contributed by atoms with Gasteiger partial charge in [0.1, 0.15) is 0 Å². The third-order valence-electron chi connectivity index (χ3n) is 6.41. The number of amides is 2. The highest BCUT2D eigenvalue weighted by atomic mass is 19.4. The van der Waals surface area contributed by atoms with Gasteiger partial charge in [0, 0.05) is 18.3 Å². The molecule has 0 spiro atoms. The van der Waals surface area contributed by atoms with E-state index in [0.717, 1.165) is 31.0 Å². The van der Waals surface area contributed by atoms with Gasteiger partial charge in [-0.25, -0.2) is 0 Å². The number of likely N-dealkylation sites (tertiary alicyclic amines) is 1. The van der Waals surface area contributed by atoms with Crippen LogP contribution in [0, 0.1) is 5.92 Å². The molecule has 0 aromatic heterocycles. The first kappa shape index (κ1) is 21.4. The number of carbonyl (C=O) groups excluding carboxylic acids is 2. The van der Waals surface area contributed by atoms with E-state index >= 15 is 0 Å². The van der Waals surface area contributed by atoms with E-state index in [2.05, 4.69) is 5.32 Å². The van der Waals surface area contributed by atoms with Gasteiger partial charge in [-0.1, -0.05) is 18.2 Å². The second kappa shape index (κ2) is 8.36. The topological polar surface area (TPSA) is 49.4 Å². The third kappa shape index (κ3) is 4.31. The Hall–Kier alpha value is -2.83. The van der Waals surface area contributed by atoms with Crippen LogP contribution in [0.1, 0.15) is 53.2 Å². The lowest BCUT2D eigenvalue weighted by molar-refractivity contribution is -0.138. The lowest BCUT2D eigenvalue weighted by atomic mass is 9.88. The third-order valence-corrected chi connectivity index (χ3v) is 6.41. The molecule has 0 bridgehead atoms. The van der Waals surface area contributed by atoms with Crippen molar-refractivity contribution in [3.05, 3.63) is 64.7 Å². The van der Waals surface area contributed by atoms with Gasteiger partial charge in [0.05, 0.1) is 17.0 Å². The van der Waals surface area contributed by atoms with Crippen molar-refractivity contribution >= 4 is 17.5 Å². The van der Waals surface area contributed by atoms with Crippen molar-refractivity contribution in [1.29, 1.82) is 0 Å².